The highest BCUT2D eigenvalue weighted by Crippen LogP contribution is 2.43. The van der Waals surface area contributed by atoms with Gasteiger partial charge in [0.25, 0.3) is 0 Å². The molecule has 2 N–H and O–H groups in total. The van der Waals surface area contributed by atoms with Gasteiger partial charge >= 0.3 is 0 Å². The van der Waals surface area contributed by atoms with Crippen LogP contribution < -0.4 is 5.73 Å². The fourth-order valence-electron chi connectivity index (χ4n) is 3.95. The van der Waals surface area contributed by atoms with Crippen molar-refractivity contribution in [2.45, 2.75) is 70.8 Å². The Hall–Kier alpha value is -0.300. The van der Waals surface area contributed by atoms with E-state index in [4.69, 9.17) is 5.73 Å². The first-order valence-electron chi connectivity index (χ1n) is 7.56. The topological polar surface area (TPSA) is 26.0 Å². The van der Waals surface area contributed by atoms with Crippen LogP contribution in [0.5, 0.6) is 0 Å². The number of rotatable bonds is 4. The Bertz CT molecular complexity index is 258. The van der Waals surface area contributed by atoms with E-state index in [-0.39, 0.29) is 0 Å². The van der Waals surface area contributed by atoms with Crippen LogP contribution in [0.25, 0.3) is 0 Å². The molecule has 0 heterocycles. The summed E-state index contributed by atoms with van der Waals surface area (Å²) < 4.78 is 0. The average molecular weight is 235 g/mol. The summed E-state index contributed by atoms with van der Waals surface area (Å²) in [6, 6.07) is 0.426. The zero-order chi connectivity index (χ0) is 12.3. The first-order chi connectivity index (χ1) is 8.16. The van der Waals surface area contributed by atoms with Gasteiger partial charge in [0.05, 0.1) is 0 Å². The Morgan fingerprint density at radius 2 is 1.88 bits per heavy atom. The number of nitrogens with two attached hydrogens (primary N) is 1. The van der Waals surface area contributed by atoms with Crippen molar-refractivity contribution in [1.29, 1.82) is 0 Å². The largest absolute Gasteiger partial charge is 0.327 e. The molecule has 0 saturated heterocycles. The molecule has 0 spiro atoms. The zero-order valence-corrected chi connectivity index (χ0v) is 11.5. The summed E-state index contributed by atoms with van der Waals surface area (Å²) in [4.78, 5) is 0. The molecule has 17 heavy (non-hydrogen) atoms. The lowest BCUT2D eigenvalue weighted by atomic mass is 9.66. The van der Waals surface area contributed by atoms with Gasteiger partial charge in [0.1, 0.15) is 0 Å². The van der Waals surface area contributed by atoms with Crippen LogP contribution in [0.15, 0.2) is 12.2 Å². The molecular weight excluding hydrogens is 206 g/mol. The third kappa shape index (κ3) is 3.58. The highest BCUT2D eigenvalue weighted by Gasteiger charge is 2.34. The number of allylic oxidation sites excluding steroid dienone is 1. The van der Waals surface area contributed by atoms with Gasteiger partial charge in [0.2, 0.25) is 0 Å². The van der Waals surface area contributed by atoms with Gasteiger partial charge in [0.15, 0.2) is 0 Å². The first kappa shape index (κ1) is 13.1. The molecule has 0 aromatic rings. The molecule has 1 heteroatoms. The molecule has 0 amide bonds. The van der Waals surface area contributed by atoms with Crippen LogP contribution in [0.1, 0.15) is 64.7 Å². The van der Waals surface area contributed by atoms with Crippen LogP contribution in [0.4, 0.5) is 0 Å². The number of hydrogen-bond donors (Lipinski definition) is 1. The Labute approximate surface area is 107 Å². The lowest BCUT2D eigenvalue weighted by molar-refractivity contribution is 0.115. The van der Waals surface area contributed by atoms with Gasteiger partial charge in [-0.1, -0.05) is 31.3 Å². The van der Waals surface area contributed by atoms with Gasteiger partial charge in [0, 0.05) is 6.04 Å². The van der Waals surface area contributed by atoms with E-state index in [2.05, 4.69) is 13.5 Å². The maximum atomic E-state index is 6.38. The maximum absolute atomic E-state index is 6.38. The normalized spacial score (nSPS) is 35.1. The predicted octanol–water partition coefficient (Wildman–Crippen LogP) is 4.28. The summed E-state index contributed by atoms with van der Waals surface area (Å²) in [6.07, 6.45) is 12.5. The van der Waals surface area contributed by atoms with Crippen molar-refractivity contribution >= 4 is 0 Å². The van der Waals surface area contributed by atoms with Gasteiger partial charge in [-0.05, 0) is 56.8 Å². The van der Waals surface area contributed by atoms with Crippen molar-refractivity contribution in [3.63, 3.8) is 0 Å². The van der Waals surface area contributed by atoms with Crippen molar-refractivity contribution in [1.82, 2.24) is 0 Å². The van der Waals surface area contributed by atoms with E-state index in [1.165, 1.54) is 50.5 Å². The van der Waals surface area contributed by atoms with Crippen LogP contribution in [0.3, 0.4) is 0 Å². The molecule has 2 aliphatic carbocycles. The molecule has 98 valence electrons. The molecule has 4 unspecified atom stereocenters. The fraction of sp³-hybridized carbons (Fsp3) is 0.875. The van der Waals surface area contributed by atoms with Crippen LogP contribution in [-0.4, -0.2) is 6.04 Å². The second-order valence-electron chi connectivity index (χ2n) is 6.54. The highest BCUT2D eigenvalue weighted by atomic mass is 14.7. The van der Waals surface area contributed by atoms with E-state index < -0.39 is 0 Å². The number of hydrogen-bond acceptors (Lipinski definition) is 1. The molecule has 1 nitrogen and oxygen atoms in total. The van der Waals surface area contributed by atoms with Gasteiger partial charge in [-0.15, -0.1) is 6.58 Å². The Kier molecular flexibility index (Phi) is 4.67. The second kappa shape index (κ2) is 6.04. The van der Waals surface area contributed by atoms with E-state index >= 15 is 0 Å². The Morgan fingerprint density at radius 3 is 2.59 bits per heavy atom. The maximum Gasteiger partial charge on any atom is 0.00703 e. The molecule has 2 aliphatic rings. The van der Waals surface area contributed by atoms with Crippen molar-refractivity contribution in [3.8, 4) is 0 Å². The van der Waals surface area contributed by atoms with Gasteiger partial charge in [-0.2, -0.15) is 0 Å². The minimum atomic E-state index is 0.426. The van der Waals surface area contributed by atoms with Crippen molar-refractivity contribution in [2.75, 3.05) is 0 Å². The summed E-state index contributed by atoms with van der Waals surface area (Å²) in [5, 5.41) is 0. The quantitative estimate of drug-likeness (QED) is 0.723. The lowest BCUT2D eigenvalue weighted by Crippen LogP contribution is -2.37. The second-order valence-corrected chi connectivity index (χ2v) is 6.54. The molecule has 0 radical (unpaired) electrons. The molecule has 2 saturated carbocycles. The van der Waals surface area contributed by atoms with E-state index in [0.29, 0.717) is 6.04 Å². The standard InChI is InChI=1S/C16H29N/c1-12(2)7-10-16(17)15-9-8-13-5-3-4-6-14(13)11-15/h13-16H,1,3-11,17H2,2H3. The third-order valence-corrected chi connectivity index (χ3v) is 5.09. The number of fused-ring (bicyclic) bond motifs is 1. The Balaban J connectivity index is 1.80. The fourth-order valence-corrected chi connectivity index (χ4v) is 3.95. The van der Waals surface area contributed by atoms with E-state index in [1.807, 2.05) is 0 Å². The predicted molar refractivity (Wildman–Crippen MR) is 74.8 cm³/mol. The highest BCUT2D eigenvalue weighted by molar-refractivity contribution is 4.92. The molecule has 0 aromatic heterocycles. The van der Waals surface area contributed by atoms with Gasteiger partial charge in [-0.3, -0.25) is 0 Å². The van der Waals surface area contributed by atoms with Crippen LogP contribution >= 0.6 is 0 Å². The molecule has 0 aliphatic heterocycles. The minimum Gasteiger partial charge on any atom is -0.327 e. The Morgan fingerprint density at radius 1 is 1.18 bits per heavy atom. The molecule has 0 bridgehead atoms. The van der Waals surface area contributed by atoms with Crippen LogP contribution in [-0.2, 0) is 0 Å². The molecule has 2 fully saturated rings. The molecular formula is C16H29N. The van der Waals surface area contributed by atoms with E-state index in [9.17, 15) is 0 Å². The third-order valence-electron chi connectivity index (χ3n) is 5.09. The van der Waals surface area contributed by atoms with Crippen molar-refractivity contribution in [2.24, 2.45) is 23.5 Å². The summed E-state index contributed by atoms with van der Waals surface area (Å²) in [5.74, 6) is 2.86. The SMILES string of the molecule is C=C(C)CCC(N)C1CCC2CCCCC2C1. The monoisotopic (exact) mass is 235 g/mol. The minimum absolute atomic E-state index is 0.426. The van der Waals surface area contributed by atoms with Crippen LogP contribution in [0, 0.1) is 17.8 Å². The van der Waals surface area contributed by atoms with Crippen molar-refractivity contribution < 1.29 is 0 Å². The zero-order valence-electron chi connectivity index (χ0n) is 11.5. The summed E-state index contributed by atoms with van der Waals surface area (Å²) in [7, 11) is 0. The lowest BCUT2D eigenvalue weighted by Gasteiger charge is -2.41. The first-order valence-corrected chi connectivity index (χ1v) is 7.56. The molecule has 4 atom stereocenters. The van der Waals surface area contributed by atoms with E-state index in [0.717, 1.165) is 30.6 Å². The molecule has 2 rings (SSSR count). The summed E-state index contributed by atoms with van der Waals surface area (Å²) in [6.45, 7) is 6.10. The molecule has 0 aromatic carbocycles. The van der Waals surface area contributed by atoms with Crippen molar-refractivity contribution in [3.05, 3.63) is 12.2 Å². The van der Waals surface area contributed by atoms with Gasteiger partial charge in [-0.25, -0.2) is 0 Å². The van der Waals surface area contributed by atoms with E-state index in [1.54, 1.807) is 0 Å². The summed E-state index contributed by atoms with van der Waals surface area (Å²) >= 11 is 0. The van der Waals surface area contributed by atoms with Gasteiger partial charge < -0.3 is 5.73 Å². The average Bonchev–Trinajstić information content (AvgIpc) is 2.35. The van der Waals surface area contributed by atoms with Crippen LogP contribution in [0.2, 0.25) is 0 Å². The summed E-state index contributed by atoms with van der Waals surface area (Å²) in [5.41, 5.74) is 7.66. The smallest absolute Gasteiger partial charge is 0.00703 e.